The summed E-state index contributed by atoms with van der Waals surface area (Å²) in [5.41, 5.74) is 7.03. The summed E-state index contributed by atoms with van der Waals surface area (Å²) in [5.74, 6) is -0.750. The third-order valence-corrected chi connectivity index (χ3v) is 4.44. The molecule has 2 aromatic heterocycles. The quantitative estimate of drug-likeness (QED) is 0.803. The number of carbonyl (C=O) groups is 1. The molecule has 2 fully saturated rings. The maximum absolute atomic E-state index is 11.4. The molecule has 3 heterocycles. The lowest BCUT2D eigenvalue weighted by Crippen LogP contribution is -2.32. The molecule has 1 saturated carbocycles. The molecule has 2 aliphatic rings. The van der Waals surface area contributed by atoms with Crippen LogP contribution in [0.1, 0.15) is 33.2 Å². The predicted molar refractivity (Wildman–Crippen MR) is 82.8 cm³/mol. The minimum Gasteiger partial charge on any atom is -0.460 e. The van der Waals surface area contributed by atoms with Gasteiger partial charge >= 0.3 is 5.97 Å². The molecule has 2 N–H and O–H groups in total. The van der Waals surface area contributed by atoms with Crippen LogP contribution in [-0.4, -0.2) is 49.6 Å². The fraction of sp³-hybridized carbons (Fsp3) is 0.600. The van der Waals surface area contributed by atoms with Crippen LogP contribution >= 0.6 is 0 Å². The zero-order valence-corrected chi connectivity index (χ0v) is 13.7. The average molecular weight is 333 g/mol. The molecular formula is C15H19N5O4. The highest BCUT2D eigenvalue weighted by molar-refractivity contribution is 5.81. The molecule has 4 unspecified atom stereocenters. The van der Waals surface area contributed by atoms with Crippen LogP contribution in [-0.2, 0) is 19.0 Å². The third-order valence-electron chi connectivity index (χ3n) is 4.44. The van der Waals surface area contributed by atoms with Crippen molar-refractivity contribution in [2.45, 2.75) is 57.3 Å². The second-order valence-corrected chi connectivity index (χ2v) is 6.60. The van der Waals surface area contributed by atoms with Gasteiger partial charge in [0.05, 0.1) is 12.4 Å². The van der Waals surface area contributed by atoms with Gasteiger partial charge in [0.1, 0.15) is 30.2 Å². The van der Waals surface area contributed by atoms with Crippen LogP contribution in [0.4, 0.5) is 5.82 Å². The van der Waals surface area contributed by atoms with E-state index in [2.05, 4.69) is 15.0 Å². The van der Waals surface area contributed by atoms with Crippen LogP contribution in [0.3, 0.4) is 0 Å². The summed E-state index contributed by atoms with van der Waals surface area (Å²) in [4.78, 5) is 24.0. The summed E-state index contributed by atoms with van der Waals surface area (Å²) in [6, 6.07) is -0.125. The molecule has 128 valence electrons. The van der Waals surface area contributed by atoms with Gasteiger partial charge in [-0.25, -0.2) is 15.0 Å². The predicted octanol–water partition coefficient (Wildman–Crippen LogP) is 0.805. The Morgan fingerprint density at radius 2 is 2.08 bits per heavy atom. The molecule has 24 heavy (non-hydrogen) atoms. The Bertz CT molecular complexity index is 804. The molecule has 4 atom stereocenters. The Morgan fingerprint density at radius 3 is 2.83 bits per heavy atom. The maximum atomic E-state index is 11.4. The van der Waals surface area contributed by atoms with Crippen molar-refractivity contribution >= 4 is 23.0 Å². The number of fused-ring (bicyclic) bond motifs is 2. The summed E-state index contributed by atoms with van der Waals surface area (Å²) < 4.78 is 19.4. The number of nitrogens with zero attached hydrogens (tertiary/aromatic N) is 4. The number of carbonyl (C=O) groups excluding carboxylic acids is 1. The Labute approximate surface area is 138 Å². The normalized spacial score (nSPS) is 31.3. The second-order valence-electron chi connectivity index (χ2n) is 6.60. The minimum atomic E-state index is -0.739. The molecule has 9 nitrogen and oxygen atoms in total. The van der Waals surface area contributed by atoms with Gasteiger partial charge in [-0.15, -0.1) is 0 Å². The van der Waals surface area contributed by atoms with Gasteiger partial charge in [0.2, 0.25) is 0 Å². The van der Waals surface area contributed by atoms with Crippen molar-refractivity contribution in [2.24, 2.45) is 0 Å². The number of imidazole rings is 1. The average Bonchev–Trinajstić information content (AvgIpc) is 3.12. The van der Waals surface area contributed by atoms with Crippen LogP contribution in [0.25, 0.3) is 11.2 Å². The molecule has 0 spiro atoms. The first-order valence-corrected chi connectivity index (χ1v) is 7.81. The van der Waals surface area contributed by atoms with E-state index in [0.717, 1.165) is 0 Å². The van der Waals surface area contributed by atoms with Gasteiger partial charge in [0.25, 0.3) is 0 Å². The van der Waals surface area contributed by atoms with E-state index in [0.29, 0.717) is 23.4 Å². The van der Waals surface area contributed by atoms with Gasteiger partial charge < -0.3 is 24.5 Å². The molecule has 4 rings (SSSR count). The fourth-order valence-corrected chi connectivity index (χ4v) is 3.62. The van der Waals surface area contributed by atoms with E-state index in [-0.39, 0.29) is 30.3 Å². The van der Waals surface area contributed by atoms with Gasteiger partial charge in [0, 0.05) is 13.3 Å². The molecule has 0 aromatic carbocycles. The van der Waals surface area contributed by atoms with Crippen LogP contribution in [0.2, 0.25) is 0 Å². The molecule has 1 aliphatic carbocycles. The van der Waals surface area contributed by atoms with Gasteiger partial charge in [-0.3, -0.25) is 4.79 Å². The first-order valence-electron chi connectivity index (χ1n) is 7.81. The Hall–Kier alpha value is -2.26. The van der Waals surface area contributed by atoms with Crippen molar-refractivity contribution in [3.05, 3.63) is 12.7 Å². The van der Waals surface area contributed by atoms with Crippen molar-refractivity contribution in [3.63, 3.8) is 0 Å². The smallest absolute Gasteiger partial charge is 0.302 e. The lowest BCUT2D eigenvalue weighted by atomic mass is 10.2. The molecule has 9 heteroatoms. The summed E-state index contributed by atoms with van der Waals surface area (Å²) in [6.45, 7) is 5.09. The van der Waals surface area contributed by atoms with E-state index in [4.69, 9.17) is 19.9 Å². The van der Waals surface area contributed by atoms with Gasteiger partial charge in [0.15, 0.2) is 17.3 Å². The van der Waals surface area contributed by atoms with Gasteiger partial charge in [-0.2, -0.15) is 0 Å². The molecule has 0 bridgehead atoms. The molecule has 0 amide bonds. The molecule has 1 saturated heterocycles. The van der Waals surface area contributed by atoms with E-state index >= 15 is 0 Å². The highest BCUT2D eigenvalue weighted by atomic mass is 16.8. The summed E-state index contributed by atoms with van der Waals surface area (Å²) in [6.07, 6.45) is 2.66. The van der Waals surface area contributed by atoms with E-state index in [1.54, 1.807) is 6.33 Å². The summed E-state index contributed by atoms with van der Waals surface area (Å²) in [5, 5.41) is 0. The number of ether oxygens (including phenoxy) is 3. The number of rotatable bonds is 2. The topological polar surface area (TPSA) is 114 Å². The highest BCUT2D eigenvalue weighted by Gasteiger charge is 2.56. The standard InChI is InChI=1S/C15H19N5O4/c1-7(21)22-9-4-8(11-12(9)24-15(2,3)23-11)20-6-19-10-13(16)17-5-18-14(10)20/h5-6,8-9,11-12H,4H2,1-3H3,(H2,16,17,18). The second kappa shape index (κ2) is 5.12. The SMILES string of the molecule is CC(=O)OC1CC(n2cnc3c(N)ncnc32)C2OC(C)(C)OC12. The summed E-state index contributed by atoms with van der Waals surface area (Å²) >= 11 is 0. The Kier molecular flexibility index (Phi) is 3.26. The largest absolute Gasteiger partial charge is 0.460 e. The van der Waals surface area contributed by atoms with Crippen molar-refractivity contribution in [1.29, 1.82) is 0 Å². The number of esters is 1. The van der Waals surface area contributed by atoms with Crippen LogP contribution in [0.5, 0.6) is 0 Å². The Balaban J connectivity index is 1.74. The van der Waals surface area contributed by atoms with E-state index < -0.39 is 5.79 Å². The number of hydrogen-bond acceptors (Lipinski definition) is 8. The number of anilines is 1. The number of aromatic nitrogens is 4. The van der Waals surface area contributed by atoms with Crippen LogP contribution in [0.15, 0.2) is 12.7 Å². The zero-order chi connectivity index (χ0) is 17.1. The van der Waals surface area contributed by atoms with Crippen molar-refractivity contribution < 1.29 is 19.0 Å². The monoisotopic (exact) mass is 333 g/mol. The van der Waals surface area contributed by atoms with Gasteiger partial charge in [-0.1, -0.05) is 0 Å². The first kappa shape index (κ1) is 15.3. The van der Waals surface area contributed by atoms with E-state index in [1.807, 2.05) is 18.4 Å². The highest BCUT2D eigenvalue weighted by Crippen LogP contribution is 2.45. The molecule has 1 aliphatic heterocycles. The summed E-state index contributed by atoms with van der Waals surface area (Å²) in [7, 11) is 0. The van der Waals surface area contributed by atoms with E-state index in [9.17, 15) is 4.79 Å². The third kappa shape index (κ3) is 2.31. The molecule has 2 aromatic rings. The number of nitrogen functional groups attached to an aromatic ring is 1. The Morgan fingerprint density at radius 1 is 1.33 bits per heavy atom. The zero-order valence-electron chi connectivity index (χ0n) is 13.7. The lowest BCUT2D eigenvalue weighted by molar-refractivity contribution is -0.176. The number of hydrogen-bond donors (Lipinski definition) is 1. The lowest BCUT2D eigenvalue weighted by Gasteiger charge is -2.24. The molecule has 0 radical (unpaired) electrons. The van der Waals surface area contributed by atoms with Crippen molar-refractivity contribution in [2.75, 3.05) is 5.73 Å². The van der Waals surface area contributed by atoms with Crippen molar-refractivity contribution in [3.8, 4) is 0 Å². The maximum Gasteiger partial charge on any atom is 0.302 e. The molecular weight excluding hydrogens is 314 g/mol. The van der Waals surface area contributed by atoms with Crippen LogP contribution in [0, 0.1) is 0 Å². The van der Waals surface area contributed by atoms with Gasteiger partial charge in [-0.05, 0) is 13.8 Å². The van der Waals surface area contributed by atoms with Crippen LogP contribution < -0.4 is 5.73 Å². The van der Waals surface area contributed by atoms with Crippen molar-refractivity contribution in [1.82, 2.24) is 19.5 Å². The fourth-order valence-electron chi connectivity index (χ4n) is 3.62. The van der Waals surface area contributed by atoms with E-state index in [1.165, 1.54) is 13.3 Å². The number of nitrogens with two attached hydrogens (primary N) is 1. The first-order chi connectivity index (χ1) is 11.4. The minimum absolute atomic E-state index is 0.125.